The Hall–Kier alpha value is -2.62. The van der Waals surface area contributed by atoms with Crippen LogP contribution in [0, 0.1) is 0 Å². The number of hydrogen-bond donors (Lipinski definition) is 0. The van der Waals surface area contributed by atoms with Crippen LogP contribution in [-0.2, 0) is 16.0 Å². The number of esters is 1. The molecular weight excluding hydrogens is 314 g/mol. The summed E-state index contributed by atoms with van der Waals surface area (Å²) in [5.74, 6) is -0.443. The van der Waals surface area contributed by atoms with Crippen molar-refractivity contribution in [1.82, 2.24) is 4.90 Å². The van der Waals surface area contributed by atoms with E-state index in [0.29, 0.717) is 24.9 Å². The van der Waals surface area contributed by atoms with Crippen LogP contribution in [0.4, 0.5) is 0 Å². The van der Waals surface area contributed by atoms with Gasteiger partial charge in [0.1, 0.15) is 5.54 Å². The molecule has 2 aromatic carbocycles. The first-order chi connectivity index (χ1) is 12.2. The number of nitrogens with zero attached hydrogens (tertiary/aromatic N) is 1. The number of methoxy groups -OCH3 is 1. The van der Waals surface area contributed by atoms with E-state index in [4.69, 9.17) is 4.74 Å². The lowest BCUT2D eigenvalue weighted by atomic mass is 9.80. The first-order valence-corrected chi connectivity index (χ1v) is 8.67. The zero-order chi connectivity index (χ0) is 17.7. The molecule has 4 heteroatoms. The van der Waals surface area contributed by atoms with E-state index >= 15 is 0 Å². The summed E-state index contributed by atoms with van der Waals surface area (Å²) in [5, 5.41) is 0. The molecule has 0 N–H and O–H groups in total. The number of carbonyl (C=O) groups is 2. The molecule has 0 spiro atoms. The quantitative estimate of drug-likeness (QED) is 0.803. The van der Waals surface area contributed by atoms with Crippen molar-refractivity contribution >= 4 is 11.9 Å². The molecule has 3 rings (SSSR count). The van der Waals surface area contributed by atoms with Crippen LogP contribution in [-0.4, -0.2) is 36.0 Å². The minimum Gasteiger partial charge on any atom is -0.467 e. The predicted octanol–water partition coefficient (Wildman–Crippen LogP) is 3.47. The second-order valence-electron chi connectivity index (χ2n) is 6.47. The maximum Gasteiger partial charge on any atom is 0.332 e. The van der Waals surface area contributed by atoms with Gasteiger partial charge in [-0.2, -0.15) is 0 Å². The van der Waals surface area contributed by atoms with Crippen molar-refractivity contribution in [2.75, 3.05) is 13.7 Å². The maximum atomic E-state index is 13.1. The Balaban J connectivity index is 2.00. The van der Waals surface area contributed by atoms with E-state index in [0.717, 1.165) is 18.4 Å². The number of hydrogen-bond acceptors (Lipinski definition) is 3. The predicted molar refractivity (Wildman–Crippen MR) is 96.2 cm³/mol. The average molecular weight is 337 g/mol. The van der Waals surface area contributed by atoms with Gasteiger partial charge in [-0.15, -0.1) is 0 Å². The topological polar surface area (TPSA) is 46.6 Å². The minimum atomic E-state index is -0.943. The zero-order valence-electron chi connectivity index (χ0n) is 14.5. The fraction of sp³-hybridized carbons (Fsp3) is 0.333. The zero-order valence-corrected chi connectivity index (χ0v) is 14.5. The van der Waals surface area contributed by atoms with E-state index in [2.05, 4.69) is 0 Å². The van der Waals surface area contributed by atoms with E-state index in [9.17, 15) is 9.59 Å². The van der Waals surface area contributed by atoms with Gasteiger partial charge in [0.2, 0.25) is 0 Å². The molecule has 25 heavy (non-hydrogen) atoms. The van der Waals surface area contributed by atoms with Gasteiger partial charge in [-0.25, -0.2) is 4.79 Å². The second kappa shape index (κ2) is 7.51. The monoisotopic (exact) mass is 337 g/mol. The highest BCUT2D eigenvalue weighted by molar-refractivity contribution is 5.98. The van der Waals surface area contributed by atoms with Gasteiger partial charge in [0.25, 0.3) is 5.91 Å². The number of ether oxygens (including phenoxy) is 1. The summed E-state index contributed by atoms with van der Waals surface area (Å²) in [6.45, 7) is 0.565. The second-order valence-corrected chi connectivity index (χ2v) is 6.47. The Morgan fingerprint density at radius 1 is 1.00 bits per heavy atom. The van der Waals surface area contributed by atoms with Gasteiger partial charge in [-0.1, -0.05) is 48.5 Å². The lowest BCUT2D eigenvalue weighted by Crippen LogP contribution is -2.61. The maximum absolute atomic E-state index is 13.1. The van der Waals surface area contributed by atoms with E-state index < -0.39 is 5.54 Å². The molecule has 0 unspecified atom stereocenters. The normalized spacial score (nSPS) is 20.1. The Labute approximate surface area is 148 Å². The van der Waals surface area contributed by atoms with E-state index in [1.54, 1.807) is 17.0 Å². The molecule has 1 fully saturated rings. The number of piperidine rings is 1. The van der Waals surface area contributed by atoms with Gasteiger partial charge >= 0.3 is 5.97 Å². The van der Waals surface area contributed by atoms with Gasteiger partial charge in [0, 0.05) is 18.5 Å². The third-order valence-electron chi connectivity index (χ3n) is 4.91. The van der Waals surface area contributed by atoms with Crippen molar-refractivity contribution < 1.29 is 14.3 Å². The molecular formula is C21H23NO3. The van der Waals surface area contributed by atoms with E-state index in [-0.39, 0.29) is 11.9 Å². The van der Waals surface area contributed by atoms with Gasteiger partial charge in [0.15, 0.2) is 0 Å². The van der Waals surface area contributed by atoms with E-state index in [1.165, 1.54) is 7.11 Å². The molecule has 2 aromatic rings. The van der Waals surface area contributed by atoms with Crippen LogP contribution < -0.4 is 0 Å². The molecule has 1 heterocycles. The molecule has 130 valence electrons. The molecule has 1 saturated heterocycles. The fourth-order valence-corrected chi connectivity index (χ4v) is 3.66. The van der Waals surface area contributed by atoms with Crippen molar-refractivity contribution in [2.45, 2.75) is 31.2 Å². The Kier molecular flexibility index (Phi) is 5.17. The SMILES string of the molecule is COC(=O)[C@]1(Cc2ccccc2)CCCCN1C(=O)c1ccccc1. The first kappa shape index (κ1) is 17.2. The molecule has 0 saturated carbocycles. The van der Waals surface area contributed by atoms with Crippen molar-refractivity contribution in [3.05, 3.63) is 71.8 Å². The van der Waals surface area contributed by atoms with Crippen LogP contribution in [0.3, 0.4) is 0 Å². The third-order valence-corrected chi connectivity index (χ3v) is 4.91. The molecule has 0 bridgehead atoms. The standard InChI is InChI=1S/C21H23NO3/c1-25-20(24)21(16-17-10-4-2-5-11-17)14-8-9-15-22(21)19(23)18-12-6-3-7-13-18/h2-7,10-13H,8-9,14-16H2,1H3/t21-/m1/s1. The summed E-state index contributed by atoms with van der Waals surface area (Å²) in [7, 11) is 1.40. The van der Waals surface area contributed by atoms with Gasteiger partial charge in [-0.05, 0) is 37.0 Å². The highest BCUT2D eigenvalue weighted by Gasteiger charge is 2.48. The number of carbonyl (C=O) groups excluding carboxylic acids is 2. The first-order valence-electron chi connectivity index (χ1n) is 8.67. The van der Waals surface area contributed by atoms with Crippen LogP contribution in [0.1, 0.15) is 35.2 Å². The van der Waals surface area contributed by atoms with Crippen molar-refractivity contribution in [2.24, 2.45) is 0 Å². The van der Waals surface area contributed by atoms with Crippen molar-refractivity contribution in [3.63, 3.8) is 0 Å². The molecule has 1 aliphatic rings. The number of likely N-dealkylation sites (tertiary alicyclic amines) is 1. The van der Waals surface area contributed by atoms with E-state index in [1.807, 2.05) is 48.5 Å². The van der Waals surface area contributed by atoms with Gasteiger partial charge in [0.05, 0.1) is 7.11 Å². The van der Waals surface area contributed by atoms with Crippen LogP contribution in [0.25, 0.3) is 0 Å². The average Bonchev–Trinajstić information content (AvgIpc) is 2.68. The lowest BCUT2D eigenvalue weighted by Gasteiger charge is -2.45. The highest BCUT2D eigenvalue weighted by atomic mass is 16.5. The Bertz CT molecular complexity index is 729. The number of amides is 1. The fourth-order valence-electron chi connectivity index (χ4n) is 3.66. The Morgan fingerprint density at radius 2 is 1.64 bits per heavy atom. The summed E-state index contributed by atoms with van der Waals surface area (Å²) in [6, 6.07) is 19.0. The van der Waals surface area contributed by atoms with Crippen molar-refractivity contribution in [1.29, 1.82) is 0 Å². The Morgan fingerprint density at radius 3 is 2.28 bits per heavy atom. The molecule has 1 atom stereocenters. The van der Waals surface area contributed by atoms with Gasteiger partial charge in [-0.3, -0.25) is 4.79 Å². The summed E-state index contributed by atoms with van der Waals surface area (Å²) in [4.78, 5) is 27.7. The molecule has 0 aromatic heterocycles. The van der Waals surface area contributed by atoms with Crippen LogP contribution in [0.5, 0.6) is 0 Å². The van der Waals surface area contributed by atoms with Crippen LogP contribution in [0.2, 0.25) is 0 Å². The summed E-state index contributed by atoms with van der Waals surface area (Å²) < 4.78 is 5.15. The highest BCUT2D eigenvalue weighted by Crippen LogP contribution is 2.34. The van der Waals surface area contributed by atoms with Gasteiger partial charge < -0.3 is 9.64 Å². The molecule has 4 nitrogen and oxygen atoms in total. The molecule has 1 aliphatic heterocycles. The summed E-state index contributed by atoms with van der Waals surface area (Å²) in [6.07, 6.45) is 2.89. The lowest BCUT2D eigenvalue weighted by molar-refractivity contribution is -0.155. The molecule has 0 radical (unpaired) electrons. The summed E-state index contributed by atoms with van der Waals surface area (Å²) in [5.41, 5.74) is 0.688. The molecule has 1 amide bonds. The van der Waals surface area contributed by atoms with Crippen LogP contribution >= 0.6 is 0 Å². The smallest absolute Gasteiger partial charge is 0.332 e. The largest absolute Gasteiger partial charge is 0.467 e. The number of benzene rings is 2. The molecule has 0 aliphatic carbocycles. The minimum absolute atomic E-state index is 0.110. The number of rotatable bonds is 4. The van der Waals surface area contributed by atoms with Crippen LogP contribution in [0.15, 0.2) is 60.7 Å². The summed E-state index contributed by atoms with van der Waals surface area (Å²) >= 11 is 0. The third kappa shape index (κ3) is 3.43. The van der Waals surface area contributed by atoms with Crippen molar-refractivity contribution in [3.8, 4) is 0 Å².